The molecule has 23 heavy (non-hydrogen) atoms. The third kappa shape index (κ3) is 2.91. The van der Waals surface area contributed by atoms with Crippen LogP contribution < -0.4 is 0 Å². The maximum Gasteiger partial charge on any atom is 0.268 e. The van der Waals surface area contributed by atoms with Gasteiger partial charge in [0.05, 0.1) is 10.4 Å². The minimum atomic E-state index is -4.09. The molecule has 0 radical (unpaired) electrons. The highest BCUT2D eigenvalue weighted by atomic mass is 79.9. The highest BCUT2D eigenvalue weighted by Gasteiger charge is 2.25. The molecule has 3 aromatic rings. The Labute approximate surface area is 146 Å². The summed E-state index contributed by atoms with van der Waals surface area (Å²) in [5, 5.41) is 0.239. The molecule has 120 valence electrons. The lowest BCUT2D eigenvalue weighted by Crippen LogP contribution is -2.11. The van der Waals surface area contributed by atoms with E-state index in [2.05, 4.69) is 15.9 Å². The number of aromatic nitrogens is 1. The molecule has 9 heteroatoms. The van der Waals surface area contributed by atoms with Crippen LogP contribution in [0.1, 0.15) is 0 Å². The van der Waals surface area contributed by atoms with Gasteiger partial charge in [0.25, 0.3) is 19.1 Å². The van der Waals surface area contributed by atoms with Gasteiger partial charge < -0.3 is 0 Å². The van der Waals surface area contributed by atoms with Crippen LogP contribution in [0, 0.1) is 0 Å². The molecule has 0 aliphatic rings. The van der Waals surface area contributed by atoms with E-state index in [0.717, 1.165) is 10.2 Å². The summed E-state index contributed by atoms with van der Waals surface area (Å²) < 4.78 is 50.7. The second-order valence-corrected chi connectivity index (χ2v) is 9.97. The number of hydrogen-bond acceptors (Lipinski definition) is 4. The molecular formula is C14H9BrClNO4S2. The summed E-state index contributed by atoms with van der Waals surface area (Å²) in [6.07, 6.45) is 1.03. The fourth-order valence-corrected chi connectivity index (χ4v) is 5.07. The third-order valence-corrected chi connectivity index (χ3v) is 6.79. The summed E-state index contributed by atoms with van der Waals surface area (Å²) in [4.78, 5) is -0.198. The lowest BCUT2D eigenvalue weighted by atomic mass is 10.2. The molecule has 0 amide bonds. The fraction of sp³-hybridized carbons (Fsp3) is 0. The molecule has 0 unspecified atom stereocenters. The van der Waals surface area contributed by atoms with Gasteiger partial charge in [0.1, 0.15) is 4.90 Å². The van der Waals surface area contributed by atoms with Crippen molar-refractivity contribution < 1.29 is 16.8 Å². The van der Waals surface area contributed by atoms with E-state index in [4.69, 9.17) is 10.7 Å². The molecule has 0 saturated heterocycles. The average Bonchev–Trinajstić information content (AvgIpc) is 2.87. The number of nitrogens with zero attached hydrogens (tertiary/aromatic N) is 1. The SMILES string of the molecule is O=S(=O)(Cl)c1cn(S(=O)(=O)c2ccccc2)c2cc(Br)ccc12. The van der Waals surface area contributed by atoms with E-state index in [9.17, 15) is 16.8 Å². The Morgan fingerprint density at radius 2 is 1.61 bits per heavy atom. The minimum absolute atomic E-state index is 0.0513. The smallest absolute Gasteiger partial charge is 0.240 e. The van der Waals surface area contributed by atoms with Crippen molar-refractivity contribution in [2.75, 3.05) is 0 Å². The quantitative estimate of drug-likeness (QED) is 0.591. The monoisotopic (exact) mass is 433 g/mol. The molecule has 0 N–H and O–H groups in total. The lowest BCUT2D eigenvalue weighted by Gasteiger charge is -2.07. The number of halogens is 2. The molecule has 0 aliphatic heterocycles. The maximum absolute atomic E-state index is 12.8. The molecule has 2 aromatic carbocycles. The summed E-state index contributed by atoms with van der Waals surface area (Å²) in [6.45, 7) is 0. The molecule has 5 nitrogen and oxygen atoms in total. The first kappa shape index (κ1) is 16.5. The Morgan fingerprint density at radius 3 is 2.22 bits per heavy atom. The van der Waals surface area contributed by atoms with Crippen molar-refractivity contribution >= 4 is 56.6 Å². The van der Waals surface area contributed by atoms with Gasteiger partial charge in [0, 0.05) is 26.7 Å². The van der Waals surface area contributed by atoms with Gasteiger partial charge in [-0.25, -0.2) is 20.8 Å². The Kier molecular flexibility index (Phi) is 4.04. The predicted molar refractivity (Wildman–Crippen MR) is 91.7 cm³/mol. The van der Waals surface area contributed by atoms with E-state index in [1.54, 1.807) is 24.3 Å². The van der Waals surface area contributed by atoms with E-state index in [-0.39, 0.29) is 20.7 Å². The van der Waals surface area contributed by atoms with Crippen molar-refractivity contribution in [2.45, 2.75) is 9.79 Å². The van der Waals surface area contributed by atoms with Gasteiger partial charge in [-0.05, 0) is 24.3 Å². The Balaban J connectivity index is 2.41. The lowest BCUT2D eigenvalue weighted by molar-refractivity contribution is 0.589. The first-order chi connectivity index (χ1) is 10.7. The second-order valence-electron chi connectivity index (χ2n) is 4.71. The predicted octanol–water partition coefficient (Wildman–Crippen LogP) is 3.57. The molecule has 0 bridgehead atoms. The number of benzene rings is 2. The van der Waals surface area contributed by atoms with Gasteiger partial charge in [-0.15, -0.1) is 0 Å². The summed E-state index contributed by atoms with van der Waals surface area (Å²) in [5.41, 5.74) is 0.224. The molecule has 0 aliphatic carbocycles. The summed E-state index contributed by atoms with van der Waals surface area (Å²) in [5.74, 6) is 0. The average molecular weight is 435 g/mol. The van der Waals surface area contributed by atoms with Crippen molar-refractivity contribution in [1.29, 1.82) is 0 Å². The molecule has 0 fully saturated rings. The zero-order chi connectivity index (χ0) is 16.8. The van der Waals surface area contributed by atoms with Crippen molar-refractivity contribution in [3.05, 3.63) is 59.2 Å². The first-order valence-corrected chi connectivity index (χ1v) is 10.8. The zero-order valence-corrected chi connectivity index (χ0v) is 15.3. The van der Waals surface area contributed by atoms with Gasteiger partial charge in [-0.3, -0.25) is 0 Å². The topological polar surface area (TPSA) is 73.2 Å². The van der Waals surface area contributed by atoms with Gasteiger partial charge in [0.2, 0.25) is 0 Å². The third-order valence-electron chi connectivity index (χ3n) is 3.26. The van der Waals surface area contributed by atoms with Crippen LogP contribution in [0.15, 0.2) is 69.0 Å². The highest BCUT2D eigenvalue weighted by Crippen LogP contribution is 2.32. The number of hydrogen-bond donors (Lipinski definition) is 0. The molecule has 1 heterocycles. The van der Waals surface area contributed by atoms with Crippen molar-refractivity contribution in [1.82, 2.24) is 3.97 Å². The van der Waals surface area contributed by atoms with E-state index in [1.165, 1.54) is 24.3 Å². The fourth-order valence-electron chi connectivity index (χ4n) is 2.24. The molecule has 1 aromatic heterocycles. The van der Waals surface area contributed by atoms with Crippen LogP contribution in [0.3, 0.4) is 0 Å². The van der Waals surface area contributed by atoms with E-state index >= 15 is 0 Å². The first-order valence-electron chi connectivity index (χ1n) is 6.27. The van der Waals surface area contributed by atoms with Crippen LogP contribution >= 0.6 is 26.6 Å². The van der Waals surface area contributed by atoms with Crippen LogP contribution in [-0.2, 0) is 19.1 Å². The van der Waals surface area contributed by atoms with Crippen LogP contribution in [0.4, 0.5) is 0 Å². The summed E-state index contributed by atoms with van der Waals surface area (Å²) in [7, 11) is -2.60. The highest BCUT2D eigenvalue weighted by molar-refractivity contribution is 9.10. The normalized spacial score (nSPS) is 12.6. The molecule has 0 spiro atoms. The molecular weight excluding hydrogens is 426 g/mol. The van der Waals surface area contributed by atoms with E-state index in [0.29, 0.717) is 4.47 Å². The van der Waals surface area contributed by atoms with Crippen LogP contribution in [0.25, 0.3) is 10.9 Å². The van der Waals surface area contributed by atoms with Gasteiger partial charge in [-0.2, -0.15) is 0 Å². The van der Waals surface area contributed by atoms with Crippen molar-refractivity contribution in [3.8, 4) is 0 Å². The Bertz CT molecular complexity index is 1110. The van der Waals surface area contributed by atoms with Crippen LogP contribution in [0.5, 0.6) is 0 Å². The maximum atomic E-state index is 12.8. The zero-order valence-electron chi connectivity index (χ0n) is 11.3. The molecule has 3 rings (SSSR count). The van der Waals surface area contributed by atoms with E-state index in [1.807, 2.05) is 0 Å². The Morgan fingerprint density at radius 1 is 0.957 bits per heavy atom. The standard InChI is InChI=1S/C14H9BrClNO4S2/c15-10-6-7-12-13(8-10)17(9-14(12)22(16,18)19)23(20,21)11-4-2-1-3-5-11/h1-9H. The van der Waals surface area contributed by atoms with E-state index < -0.39 is 19.1 Å². The summed E-state index contributed by atoms with van der Waals surface area (Å²) >= 11 is 3.26. The van der Waals surface area contributed by atoms with Gasteiger partial charge in [-0.1, -0.05) is 40.2 Å². The molecule has 0 atom stereocenters. The van der Waals surface area contributed by atoms with Gasteiger partial charge >= 0.3 is 0 Å². The van der Waals surface area contributed by atoms with Crippen molar-refractivity contribution in [3.63, 3.8) is 0 Å². The largest absolute Gasteiger partial charge is 0.268 e. The Hall–Kier alpha value is -1.35. The summed E-state index contributed by atoms with van der Waals surface area (Å²) in [6, 6.07) is 12.4. The van der Waals surface area contributed by atoms with Crippen LogP contribution in [-0.4, -0.2) is 20.8 Å². The number of fused-ring (bicyclic) bond motifs is 1. The number of rotatable bonds is 3. The minimum Gasteiger partial charge on any atom is -0.240 e. The van der Waals surface area contributed by atoms with Gasteiger partial charge in [0.15, 0.2) is 0 Å². The molecule has 0 saturated carbocycles. The van der Waals surface area contributed by atoms with Crippen LogP contribution in [0.2, 0.25) is 0 Å². The van der Waals surface area contributed by atoms with Crippen molar-refractivity contribution in [2.24, 2.45) is 0 Å². The second kappa shape index (κ2) is 5.62.